The van der Waals surface area contributed by atoms with Crippen molar-refractivity contribution in [3.63, 3.8) is 0 Å². The largest absolute Gasteiger partial charge is 0.481 e. The summed E-state index contributed by atoms with van der Waals surface area (Å²) in [6, 6.07) is 1.82. The van der Waals surface area contributed by atoms with E-state index < -0.39 is 5.97 Å². The van der Waals surface area contributed by atoms with E-state index in [-0.39, 0.29) is 5.92 Å². The van der Waals surface area contributed by atoms with Crippen LogP contribution in [0.3, 0.4) is 0 Å². The molecule has 1 N–H and O–H groups in total. The molecule has 76 valence electrons. The molecule has 14 heavy (non-hydrogen) atoms. The smallest absolute Gasteiger partial charge is 0.306 e. The second kappa shape index (κ2) is 4.96. The van der Waals surface area contributed by atoms with Crippen LogP contribution in [0.25, 0.3) is 0 Å². The van der Waals surface area contributed by atoms with Crippen LogP contribution in [0, 0.1) is 5.92 Å². The summed E-state index contributed by atoms with van der Waals surface area (Å²) in [6.45, 7) is 1.69. The van der Waals surface area contributed by atoms with Crippen molar-refractivity contribution in [3.8, 4) is 0 Å². The van der Waals surface area contributed by atoms with Gasteiger partial charge in [0.25, 0.3) is 0 Å². The number of aryl methyl sites for hydroxylation is 1. The number of nitrogens with zero attached hydrogens (tertiary/aromatic N) is 1. The molecule has 0 aliphatic carbocycles. The predicted molar refractivity (Wildman–Crippen MR) is 54.4 cm³/mol. The third-order valence-electron chi connectivity index (χ3n) is 2.12. The van der Waals surface area contributed by atoms with E-state index in [1.807, 2.05) is 6.07 Å². The number of aromatic nitrogens is 1. The van der Waals surface area contributed by atoms with Crippen LogP contribution in [0.5, 0.6) is 0 Å². The van der Waals surface area contributed by atoms with Gasteiger partial charge in [0.15, 0.2) is 0 Å². The minimum Gasteiger partial charge on any atom is -0.481 e. The van der Waals surface area contributed by atoms with E-state index in [1.165, 1.54) is 0 Å². The van der Waals surface area contributed by atoms with Gasteiger partial charge in [-0.2, -0.15) is 0 Å². The Morgan fingerprint density at radius 1 is 1.71 bits per heavy atom. The summed E-state index contributed by atoms with van der Waals surface area (Å²) in [5.41, 5.74) is 0.953. The molecule has 0 saturated carbocycles. The molecule has 1 unspecified atom stereocenters. The molecule has 1 heterocycles. The lowest BCUT2D eigenvalue weighted by Crippen LogP contribution is -2.10. The lowest BCUT2D eigenvalue weighted by atomic mass is 10.0. The standard InChI is InChI=1S/C10H12ClNO2/c1-7(10(13)14)2-3-8-4-5-12-6-9(8)11/h4-7H,2-3H2,1H3,(H,13,14). The van der Waals surface area contributed by atoms with Gasteiger partial charge in [-0.3, -0.25) is 9.78 Å². The molecular weight excluding hydrogens is 202 g/mol. The van der Waals surface area contributed by atoms with Gasteiger partial charge in [0.1, 0.15) is 0 Å². The van der Waals surface area contributed by atoms with Crippen molar-refractivity contribution >= 4 is 17.6 Å². The van der Waals surface area contributed by atoms with Crippen LogP contribution in [-0.4, -0.2) is 16.1 Å². The van der Waals surface area contributed by atoms with Crippen LogP contribution >= 0.6 is 11.6 Å². The molecule has 0 aliphatic heterocycles. The third kappa shape index (κ3) is 3.00. The molecule has 1 aromatic heterocycles. The highest BCUT2D eigenvalue weighted by Gasteiger charge is 2.11. The average molecular weight is 214 g/mol. The molecule has 0 radical (unpaired) electrons. The van der Waals surface area contributed by atoms with E-state index in [0.717, 1.165) is 5.56 Å². The Balaban J connectivity index is 2.54. The maximum Gasteiger partial charge on any atom is 0.306 e. The summed E-state index contributed by atoms with van der Waals surface area (Å²) in [6.07, 6.45) is 4.50. The van der Waals surface area contributed by atoms with Gasteiger partial charge in [0.05, 0.1) is 10.9 Å². The summed E-state index contributed by atoms with van der Waals surface area (Å²) < 4.78 is 0. The van der Waals surface area contributed by atoms with Crippen molar-refractivity contribution in [1.82, 2.24) is 4.98 Å². The van der Waals surface area contributed by atoms with Crippen molar-refractivity contribution in [2.75, 3.05) is 0 Å². The molecule has 0 aliphatic rings. The number of rotatable bonds is 4. The van der Waals surface area contributed by atoms with Crippen LogP contribution in [0.15, 0.2) is 18.5 Å². The Bertz CT molecular complexity index is 328. The molecule has 0 spiro atoms. The van der Waals surface area contributed by atoms with Gasteiger partial charge in [0.2, 0.25) is 0 Å². The molecule has 0 amide bonds. The normalized spacial score (nSPS) is 12.4. The second-order valence-electron chi connectivity index (χ2n) is 3.25. The van der Waals surface area contributed by atoms with Crippen LogP contribution < -0.4 is 0 Å². The van der Waals surface area contributed by atoms with Crippen molar-refractivity contribution in [3.05, 3.63) is 29.0 Å². The zero-order valence-electron chi connectivity index (χ0n) is 7.90. The van der Waals surface area contributed by atoms with Crippen molar-refractivity contribution in [1.29, 1.82) is 0 Å². The SMILES string of the molecule is CC(CCc1ccncc1Cl)C(=O)O. The van der Waals surface area contributed by atoms with Gasteiger partial charge in [-0.1, -0.05) is 18.5 Å². The number of carboxylic acids is 1. The molecule has 1 atom stereocenters. The number of carboxylic acid groups (broad SMARTS) is 1. The zero-order valence-corrected chi connectivity index (χ0v) is 8.66. The quantitative estimate of drug-likeness (QED) is 0.836. The minimum atomic E-state index is -0.768. The van der Waals surface area contributed by atoms with Crippen molar-refractivity contribution in [2.24, 2.45) is 5.92 Å². The fraction of sp³-hybridized carbons (Fsp3) is 0.400. The monoisotopic (exact) mass is 213 g/mol. The number of halogens is 1. The Hall–Kier alpha value is -1.09. The van der Waals surface area contributed by atoms with E-state index in [2.05, 4.69) is 4.98 Å². The maximum absolute atomic E-state index is 10.6. The van der Waals surface area contributed by atoms with E-state index >= 15 is 0 Å². The highest BCUT2D eigenvalue weighted by atomic mass is 35.5. The number of pyridine rings is 1. The minimum absolute atomic E-state index is 0.334. The van der Waals surface area contributed by atoms with Gasteiger partial charge < -0.3 is 5.11 Å². The maximum atomic E-state index is 10.6. The van der Waals surface area contributed by atoms with Gasteiger partial charge in [-0.15, -0.1) is 0 Å². The molecular formula is C10H12ClNO2. The Morgan fingerprint density at radius 3 is 3.00 bits per heavy atom. The van der Waals surface area contributed by atoms with Gasteiger partial charge in [-0.25, -0.2) is 0 Å². The van der Waals surface area contributed by atoms with Crippen LogP contribution in [-0.2, 0) is 11.2 Å². The van der Waals surface area contributed by atoms with E-state index in [4.69, 9.17) is 16.7 Å². The topological polar surface area (TPSA) is 50.2 Å². The zero-order chi connectivity index (χ0) is 10.6. The number of carbonyl (C=O) groups is 1. The first-order valence-electron chi connectivity index (χ1n) is 4.42. The highest BCUT2D eigenvalue weighted by molar-refractivity contribution is 6.31. The fourth-order valence-corrected chi connectivity index (χ4v) is 1.32. The first-order valence-corrected chi connectivity index (χ1v) is 4.80. The first-order chi connectivity index (χ1) is 6.61. The molecule has 4 heteroatoms. The van der Waals surface area contributed by atoms with Gasteiger partial charge in [0, 0.05) is 12.4 Å². The summed E-state index contributed by atoms with van der Waals surface area (Å²) in [7, 11) is 0. The summed E-state index contributed by atoms with van der Waals surface area (Å²) >= 11 is 5.88. The molecule has 3 nitrogen and oxygen atoms in total. The Kier molecular flexibility index (Phi) is 3.89. The Labute approximate surface area is 87.7 Å². The average Bonchev–Trinajstić information content (AvgIpc) is 2.16. The lowest BCUT2D eigenvalue weighted by molar-refractivity contribution is -0.141. The molecule has 1 aromatic rings. The van der Waals surface area contributed by atoms with Crippen LogP contribution in [0.2, 0.25) is 5.02 Å². The van der Waals surface area contributed by atoms with E-state index in [0.29, 0.717) is 17.9 Å². The van der Waals surface area contributed by atoms with Gasteiger partial charge in [-0.05, 0) is 24.5 Å². The van der Waals surface area contributed by atoms with E-state index in [1.54, 1.807) is 19.3 Å². The van der Waals surface area contributed by atoms with E-state index in [9.17, 15) is 4.79 Å². The molecule has 0 aromatic carbocycles. The summed E-state index contributed by atoms with van der Waals surface area (Å²) in [5.74, 6) is -1.10. The first kappa shape index (κ1) is 11.0. The van der Waals surface area contributed by atoms with Crippen LogP contribution in [0.4, 0.5) is 0 Å². The number of hydrogen-bond donors (Lipinski definition) is 1. The summed E-state index contributed by atoms with van der Waals surface area (Å²) in [5, 5.41) is 9.29. The number of hydrogen-bond acceptors (Lipinski definition) is 2. The lowest BCUT2D eigenvalue weighted by Gasteiger charge is -2.06. The molecule has 1 rings (SSSR count). The van der Waals surface area contributed by atoms with Gasteiger partial charge >= 0.3 is 5.97 Å². The highest BCUT2D eigenvalue weighted by Crippen LogP contribution is 2.17. The fourth-order valence-electron chi connectivity index (χ4n) is 1.10. The molecule has 0 saturated heterocycles. The second-order valence-corrected chi connectivity index (χ2v) is 3.65. The third-order valence-corrected chi connectivity index (χ3v) is 2.47. The summed E-state index contributed by atoms with van der Waals surface area (Å²) in [4.78, 5) is 14.4. The predicted octanol–water partition coefficient (Wildman–Crippen LogP) is 2.39. The number of aliphatic carboxylic acids is 1. The van der Waals surface area contributed by atoms with Crippen molar-refractivity contribution < 1.29 is 9.90 Å². The molecule has 0 fully saturated rings. The Morgan fingerprint density at radius 2 is 2.43 bits per heavy atom. The van der Waals surface area contributed by atoms with Crippen LogP contribution in [0.1, 0.15) is 18.9 Å². The van der Waals surface area contributed by atoms with Crippen molar-refractivity contribution in [2.45, 2.75) is 19.8 Å². The molecule has 0 bridgehead atoms.